The van der Waals surface area contributed by atoms with Crippen molar-refractivity contribution in [2.24, 2.45) is 13.0 Å². The molecule has 0 aliphatic heterocycles. The van der Waals surface area contributed by atoms with E-state index in [0.29, 0.717) is 18.3 Å². The molecule has 1 aromatic heterocycles. The summed E-state index contributed by atoms with van der Waals surface area (Å²) in [6.07, 6.45) is 2.16. The van der Waals surface area contributed by atoms with Gasteiger partial charge in [-0.15, -0.1) is 0 Å². The van der Waals surface area contributed by atoms with E-state index in [0.717, 1.165) is 24.1 Å². The van der Waals surface area contributed by atoms with Gasteiger partial charge in [-0.3, -0.25) is 9.48 Å². The molecule has 0 saturated carbocycles. The van der Waals surface area contributed by atoms with Crippen LogP contribution in [0.3, 0.4) is 0 Å². The largest absolute Gasteiger partial charge is 0.337 e. The Kier molecular flexibility index (Phi) is 8.04. The molecule has 0 aliphatic rings. The highest BCUT2D eigenvalue weighted by atomic mass is 16.2. The van der Waals surface area contributed by atoms with Crippen molar-refractivity contribution in [1.29, 1.82) is 0 Å². The van der Waals surface area contributed by atoms with E-state index in [1.807, 2.05) is 43.4 Å². The maximum Gasteiger partial charge on any atom is 0.317 e. The fraction of sp³-hybridized carbons (Fsp3) is 0.476. The number of anilines is 1. The van der Waals surface area contributed by atoms with Crippen LogP contribution in [0.4, 0.5) is 10.6 Å². The third-order valence-electron chi connectivity index (χ3n) is 4.41. The Hall–Kier alpha value is -2.83. The van der Waals surface area contributed by atoms with Crippen molar-refractivity contribution in [3.63, 3.8) is 0 Å². The molecule has 28 heavy (non-hydrogen) atoms. The predicted octanol–water partition coefficient (Wildman–Crippen LogP) is 3.18. The highest BCUT2D eigenvalue weighted by Gasteiger charge is 2.12. The normalized spacial score (nSPS) is 10.8. The second-order valence-electron chi connectivity index (χ2n) is 7.45. The number of benzene rings is 1. The molecule has 2 rings (SSSR count). The molecule has 0 aliphatic carbocycles. The van der Waals surface area contributed by atoms with Gasteiger partial charge in [-0.05, 0) is 24.3 Å². The summed E-state index contributed by atoms with van der Waals surface area (Å²) in [6, 6.07) is 11.5. The Balaban J connectivity index is 1.73. The third-order valence-corrected chi connectivity index (χ3v) is 4.41. The van der Waals surface area contributed by atoms with Gasteiger partial charge in [-0.2, -0.15) is 5.10 Å². The van der Waals surface area contributed by atoms with Crippen LogP contribution in [0.2, 0.25) is 0 Å². The van der Waals surface area contributed by atoms with Gasteiger partial charge in [0.25, 0.3) is 0 Å². The minimum atomic E-state index is -0.201. The van der Waals surface area contributed by atoms with E-state index < -0.39 is 0 Å². The van der Waals surface area contributed by atoms with Gasteiger partial charge in [-0.25, -0.2) is 4.79 Å². The lowest BCUT2D eigenvalue weighted by atomic mass is 10.1. The van der Waals surface area contributed by atoms with Gasteiger partial charge < -0.3 is 15.5 Å². The molecule has 1 heterocycles. The first-order chi connectivity index (χ1) is 13.3. The average Bonchev–Trinajstić information content (AvgIpc) is 3.00. The molecule has 2 aromatic rings. The fourth-order valence-corrected chi connectivity index (χ4v) is 2.75. The number of amides is 3. The van der Waals surface area contributed by atoms with Crippen LogP contribution in [0.5, 0.6) is 0 Å². The van der Waals surface area contributed by atoms with Gasteiger partial charge in [0.1, 0.15) is 5.82 Å². The summed E-state index contributed by atoms with van der Waals surface area (Å²) in [5, 5.41) is 10.1. The van der Waals surface area contributed by atoms with Gasteiger partial charge in [0.15, 0.2) is 0 Å². The molecular formula is C21H31N5O2. The van der Waals surface area contributed by atoms with Gasteiger partial charge in [0.2, 0.25) is 5.91 Å². The Labute approximate surface area is 167 Å². The van der Waals surface area contributed by atoms with E-state index in [9.17, 15) is 9.59 Å². The summed E-state index contributed by atoms with van der Waals surface area (Å²) in [4.78, 5) is 25.9. The summed E-state index contributed by atoms with van der Waals surface area (Å²) in [5.74, 6) is 1.14. The lowest BCUT2D eigenvalue weighted by Gasteiger charge is -2.18. The number of aromatic nitrogens is 2. The van der Waals surface area contributed by atoms with Crippen molar-refractivity contribution in [3.8, 4) is 0 Å². The van der Waals surface area contributed by atoms with Crippen molar-refractivity contribution in [1.82, 2.24) is 20.0 Å². The number of rotatable bonds is 9. The first kappa shape index (κ1) is 21.5. The fourth-order valence-electron chi connectivity index (χ4n) is 2.75. The zero-order chi connectivity index (χ0) is 20.5. The summed E-state index contributed by atoms with van der Waals surface area (Å²) >= 11 is 0. The van der Waals surface area contributed by atoms with E-state index >= 15 is 0 Å². The maximum atomic E-state index is 12.2. The highest BCUT2D eigenvalue weighted by molar-refractivity contribution is 5.90. The van der Waals surface area contributed by atoms with Crippen LogP contribution in [0.1, 0.15) is 37.9 Å². The molecular weight excluding hydrogens is 354 g/mol. The van der Waals surface area contributed by atoms with Crippen LogP contribution in [-0.4, -0.2) is 40.2 Å². The zero-order valence-electron chi connectivity index (χ0n) is 17.2. The van der Waals surface area contributed by atoms with Crippen molar-refractivity contribution in [2.45, 2.75) is 39.7 Å². The summed E-state index contributed by atoms with van der Waals surface area (Å²) in [6.45, 7) is 5.16. The van der Waals surface area contributed by atoms with Crippen LogP contribution in [0.15, 0.2) is 36.4 Å². The SMILES string of the molecule is CC(C)CCc1cc(NC(=O)CCNC(=O)N(C)Cc2ccccc2)n(C)n1. The molecule has 0 bridgehead atoms. The first-order valence-corrected chi connectivity index (χ1v) is 9.70. The summed E-state index contributed by atoms with van der Waals surface area (Å²) in [7, 11) is 3.55. The number of carbonyl (C=O) groups is 2. The molecule has 0 unspecified atom stereocenters. The summed E-state index contributed by atoms with van der Waals surface area (Å²) < 4.78 is 1.68. The zero-order valence-corrected chi connectivity index (χ0v) is 17.2. The molecule has 0 atom stereocenters. The van der Waals surface area contributed by atoms with Crippen LogP contribution >= 0.6 is 0 Å². The molecule has 3 amide bonds. The molecule has 7 heteroatoms. The minimum Gasteiger partial charge on any atom is -0.337 e. The predicted molar refractivity (Wildman–Crippen MR) is 111 cm³/mol. The number of nitrogens with zero attached hydrogens (tertiary/aromatic N) is 3. The Bertz CT molecular complexity index is 770. The van der Waals surface area contributed by atoms with Gasteiger partial charge in [0, 0.05) is 39.7 Å². The summed E-state index contributed by atoms with van der Waals surface area (Å²) in [5.41, 5.74) is 2.03. The van der Waals surface area contributed by atoms with Crippen molar-refractivity contribution in [3.05, 3.63) is 47.7 Å². The quantitative estimate of drug-likeness (QED) is 0.696. The Morgan fingerprint density at radius 2 is 1.93 bits per heavy atom. The van der Waals surface area contributed by atoms with Gasteiger partial charge >= 0.3 is 6.03 Å². The van der Waals surface area contributed by atoms with E-state index in [2.05, 4.69) is 29.6 Å². The van der Waals surface area contributed by atoms with Crippen molar-refractivity contribution in [2.75, 3.05) is 18.9 Å². The number of urea groups is 1. The van der Waals surface area contributed by atoms with Crippen LogP contribution < -0.4 is 10.6 Å². The number of hydrogen-bond acceptors (Lipinski definition) is 3. The van der Waals surface area contributed by atoms with Crippen molar-refractivity contribution >= 4 is 17.8 Å². The van der Waals surface area contributed by atoms with E-state index in [1.165, 1.54) is 0 Å². The first-order valence-electron chi connectivity index (χ1n) is 9.70. The van der Waals surface area contributed by atoms with Crippen molar-refractivity contribution < 1.29 is 9.59 Å². The molecule has 0 radical (unpaired) electrons. The van der Waals surface area contributed by atoms with Gasteiger partial charge in [-0.1, -0.05) is 44.2 Å². The second kappa shape index (κ2) is 10.5. The molecule has 0 saturated heterocycles. The lowest BCUT2D eigenvalue weighted by molar-refractivity contribution is -0.116. The van der Waals surface area contributed by atoms with Gasteiger partial charge in [0.05, 0.1) is 5.69 Å². The molecule has 7 nitrogen and oxygen atoms in total. The van der Waals surface area contributed by atoms with E-state index in [-0.39, 0.29) is 24.9 Å². The van der Waals surface area contributed by atoms with E-state index in [4.69, 9.17) is 0 Å². The monoisotopic (exact) mass is 385 g/mol. The standard InChI is InChI=1S/C21H31N5O2/c1-16(2)10-11-18-14-19(26(4)24-18)23-20(27)12-13-22-21(28)25(3)15-17-8-6-5-7-9-17/h5-9,14,16H,10-13,15H2,1-4H3,(H,22,28)(H,23,27). The smallest absolute Gasteiger partial charge is 0.317 e. The Morgan fingerprint density at radius 3 is 2.61 bits per heavy atom. The number of hydrogen-bond donors (Lipinski definition) is 2. The minimum absolute atomic E-state index is 0.149. The topological polar surface area (TPSA) is 79.3 Å². The molecule has 152 valence electrons. The van der Waals surface area contributed by atoms with Crippen LogP contribution in [-0.2, 0) is 24.8 Å². The molecule has 0 fully saturated rings. The molecule has 2 N–H and O–H groups in total. The highest BCUT2D eigenvalue weighted by Crippen LogP contribution is 2.13. The average molecular weight is 386 g/mol. The van der Waals surface area contributed by atoms with Crippen LogP contribution in [0.25, 0.3) is 0 Å². The Morgan fingerprint density at radius 1 is 1.21 bits per heavy atom. The molecule has 0 spiro atoms. The lowest BCUT2D eigenvalue weighted by Crippen LogP contribution is -2.38. The number of carbonyl (C=O) groups excluding carboxylic acids is 2. The third kappa shape index (κ3) is 7.06. The molecule has 1 aromatic carbocycles. The van der Waals surface area contributed by atoms with E-state index in [1.54, 1.807) is 16.6 Å². The second-order valence-corrected chi connectivity index (χ2v) is 7.45. The maximum absolute atomic E-state index is 12.2. The number of nitrogens with one attached hydrogen (secondary N) is 2. The number of aryl methyl sites for hydroxylation is 2. The van der Waals surface area contributed by atoms with Crippen LogP contribution in [0, 0.1) is 5.92 Å².